The zero-order valence-corrected chi connectivity index (χ0v) is 15.8. The van der Waals surface area contributed by atoms with Crippen LogP contribution in [0.15, 0.2) is 30.6 Å². The van der Waals surface area contributed by atoms with Crippen LogP contribution in [0.3, 0.4) is 0 Å². The van der Waals surface area contributed by atoms with Gasteiger partial charge in [0.25, 0.3) is 0 Å². The second kappa shape index (κ2) is 7.60. The number of hydrogen-bond acceptors (Lipinski definition) is 7. The van der Waals surface area contributed by atoms with E-state index < -0.39 is 10.0 Å². The summed E-state index contributed by atoms with van der Waals surface area (Å²) in [6, 6.07) is 0. The first-order valence-electron chi connectivity index (χ1n) is 8.02. The summed E-state index contributed by atoms with van der Waals surface area (Å²) < 4.78 is 26.8. The van der Waals surface area contributed by atoms with Crippen molar-refractivity contribution in [3.63, 3.8) is 0 Å². The van der Waals surface area contributed by atoms with E-state index >= 15 is 0 Å². The number of nitrogens with zero attached hydrogens (tertiary/aromatic N) is 5. The number of aryl methyl sites for hydroxylation is 1. The van der Waals surface area contributed by atoms with Crippen molar-refractivity contribution in [2.24, 2.45) is 13.0 Å². The van der Waals surface area contributed by atoms with E-state index in [2.05, 4.69) is 32.3 Å². The first-order chi connectivity index (χ1) is 12.4. The van der Waals surface area contributed by atoms with Crippen molar-refractivity contribution in [2.75, 3.05) is 30.3 Å². The van der Waals surface area contributed by atoms with Crippen LogP contribution in [0, 0.1) is 5.92 Å². The maximum atomic E-state index is 11.8. The predicted molar refractivity (Wildman–Crippen MR) is 101 cm³/mol. The van der Waals surface area contributed by atoms with Crippen molar-refractivity contribution in [3.8, 4) is 0 Å². The number of hydrogen-bond donors (Lipinski definition) is 2. The zero-order chi connectivity index (χ0) is 18.7. The average Bonchev–Trinajstić information content (AvgIpc) is 3.25. The largest absolute Gasteiger partial charge is 0.368 e. The molecule has 0 saturated carbocycles. The van der Waals surface area contributed by atoms with Gasteiger partial charge in [-0.2, -0.15) is 14.4 Å². The molecule has 1 aliphatic rings. The molecule has 2 aromatic rings. The number of anilines is 3. The first kappa shape index (κ1) is 18.6. The van der Waals surface area contributed by atoms with Gasteiger partial charge in [0.1, 0.15) is 5.02 Å². The maximum absolute atomic E-state index is 11.8. The Morgan fingerprint density at radius 2 is 2.27 bits per heavy atom. The highest BCUT2D eigenvalue weighted by Crippen LogP contribution is 2.24. The molecule has 9 nitrogen and oxygen atoms in total. The minimum absolute atomic E-state index is 0.172. The molecule has 2 N–H and O–H groups in total. The SMILES string of the molecule is C=CS(=O)(=O)N1CC[C@@H](CNc2nc(Nc3cnn(C)c3)ncc2Cl)C1. The molecule has 1 saturated heterocycles. The van der Waals surface area contributed by atoms with E-state index in [9.17, 15) is 8.42 Å². The molecule has 3 heterocycles. The summed E-state index contributed by atoms with van der Waals surface area (Å²) in [6.45, 7) is 4.86. The quantitative estimate of drug-likeness (QED) is 0.734. The van der Waals surface area contributed by atoms with Gasteiger partial charge in [-0.25, -0.2) is 13.4 Å². The van der Waals surface area contributed by atoms with E-state index in [0.717, 1.165) is 17.5 Å². The molecular weight excluding hydrogens is 378 g/mol. The van der Waals surface area contributed by atoms with Crippen LogP contribution >= 0.6 is 11.6 Å². The van der Waals surface area contributed by atoms with Gasteiger partial charge in [0.15, 0.2) is 5.82 Å². The minimum atomic E-state index is -3.36. The van der Waals surface area contributed by atoms with Crippen LogP contribution in [0.2, 0.25) is 5.02 Å². The number of rotatable bonds is 7. The molecule has 1 fully saturated rings. The van der Waals surface area contributed by atoms with E-state index in [1.54, 1.807) is 17.1 Å². The molecule has 1 aliphatic heterocycles. The molecule has 2 aromatic heterocycles. The Hall–Kier alpha value is -2.17. The van der Waals surface area contributed by atoms with Gasteiger partial charge in [-0.1, -0.05) is 18.2 Å². The summed E-state index contributed by atoms with van der Waals surface area (Å²) in [5.74, 6) is 1.07. The third-order valence-corrected chi connectivity index (χ3v) is 5.83. The van der Waals surface area contributed by atoms with Crippen molar-refractivity contribution < 1.29 is 8.42 Å². The fourth-order valence-corrected chi connectivity index (χ4v) is 3.85. The molecule has 3 rings (SSSR count). The van der Waals surface area contributed by atoms with Crippen molar-refractivity contribution >= 4 is 39.1 Å². The Bertz CT molecular complexity index is 899. The lowest BCUT2D eigenvalue weighted by Crippen LogP contribution is -2.28. The van der Waals surface area contributed by atoms with Gasteiger partial charge in [0.05, 0.1) is 18.1 Å². The molecule has 0 bridgehead atoms. The number of aromatic nitrogens is 4. The Kier molecular flexibility index (Phi) is 5.44. The Labute approximate surface area is 157 Å². The highest BCUT2D eigenvalue weighted by molar-refractivity contribution is 7.92. The van der Waals surface area contributed by atoms with Gasteiger partial charge in [-0.15, -0.1) is 0 Å². The van der Waals surface area contributed by atoms with E-state index in [0.29, 0.717) is 36.4 Å². The molecule has 0 amide bonds. The van der Waals surface area contributed by atoms with E-state index in [-0.39, 0.29) is 5.92 Å². The van der Waals surface area contributed by atoms with Gasteiger partial charge < -0.3 is 10.6 Å². The van der Waals surface area contributed by atoms with Gasteiger partial charge in [-0.05, 0) is 12.3 Å². The fraction of sp³-hybridized carbons (Fsp3) is 0.400. The molecule has 0 radical (unpaired) electrons. The summed E-state index contributed by atoms with van der Waals surface area (Å²) in [7, 11) is -1.54. The monoisotopic (exact) mass is 397 g/mol. The van der Waals surface area contributed by atoms with Crippen molar-refractivity contribution in [1.29, 1.82) is 0 Å². The van der Waals surface area contributed by atoms with Crippen LogP contribution in [-0.4, -0.2) is 52.1 Å². The van der Waals surface area contributed by atoms with Crippen LogP contribution < -0.4 is 10.6 Å². The summed E-state index contributed by atoms with van der Waals surface area (Å²) in [5.41, 5.74) is 0.766. The number of sulfonamides is 1. The van der Waals surface area contributed by atoms with Gasteiger partial charge >= 0.3 is 0 Å². The highest BCUT2D eigenvalue weighted by atomic mass is 35.5. The summed E-state index contributed by atoms with van der Waals surface area (Å²) >= 11 is 6.16. The molecule has 140 valence electrons. The highest BCUT2D eigenvalue weighted by Gasteiger charge is 2.29. The maximum Gasteiger partial charge on any atom is 0.235 e. The fourth-order valence-electron chi connectivity index (χ4n) is 2.71. The molecule has 0 unspecified atom stereocenters. The normalized spacial score (nSPS) is 18.0. The van der Waals surface area contributed by atoms with Crippen LogP contribution in [0.25, 0.3) is 0 Å². The second-order valence-electron chi connectivity index (χ2n) is 6.02. The molecule has 0 aromatic carbocycles. The molecule has 1 atom stereocenters. The summed E-state index contributed by atoms with van der Waals surface area (Å²) in [4.78, 5) is 8.52. The Morgan fingerprint density at radius 1 is 1.46 bits per heavy atom. The summed E-state index contributed by atoms with van der Waals surface area (Å²) in [5, 5.41) is 11.7. The Balaban J connectivity index is 1.61. The predicted octanol–water partition coefficient (Wildman–Crippen LogP) is 1.81. The zero-order valence-electron chi connectivity index (χ0n) is 14.3. The third-order valence-electron chi connectivity index (χ3n) is 4.08. The van der Waals surface area contributed by atoms with E-state index in [1.807, 2.05) is 7.05 Å². The van der Waals surface area contributed by atoms with Crippen LogP contribution in [0.4, 0.5) is 17.5 Å². The third kappa shape index (κ3) is 4.32. The van der Waals surface area contributed by atoms with Gasteiger partial charge in [0.2, 0.25) is 16.0 Å². The van der Waals surface area contributed by atoms with E-state index in [4.69, 9.17) is 11.6 Å². The number of halogens is 1. The summed E-state index contributed by atoms with van der Waals surface area (Å²) in [6.07, 6.45) is 5.75. The van der Waals surface area contributed by atoms with Crippen molar-refractivity contribution in [1.82, 2.24) is 24.1 Å². The topological polar surface area (TPSA) is 105 Å². The average molecular weight is 398 g/mol. The molecule has 26 heavy (non-hydrogen) atoms. The lowest BCUT2D eigenvalue weighted by molar-refractivity contribution is 0.469. The molecule has 0 aliphatic carbocycles. The van der Waals surface area contributed by atoms with Crippen molar-refractivity contribution in [3.05, 3.63) is 35.6 Å². The van der Waals surface area contributed by atoms with Crippen LogP contribution in [0.1, 0.15) is 6.42 Å². The van der Waals surface area contributed by atoms with Crippen LogP contribution in [0.5, 0.6) is 0 Å². The smallest absolute Gasteiger partial charge is 0.235 e. The van der Waals surface area contributed by atoms with Gasteiger partial charge in [-0.3, -0.25) is 4.68 Å². The van der Waals surface area contributed by atoms with E-state index in [1.165, 1.54) is 10.5 Å². The Morgan fingerprint density at radius 3 is 2.96 bits per heavy atom. The van der Waals surface area contributed by atoms with Crippen LogP contribution in [-0.2, 0) is 17.1 Å². The lowest BCUT2D eigenvalue weighted by Gasteiger charge is -2.15. The standard InChI is InChI=1S/C15H20ClN7O2S/c1-3-26(24,25)23-5-4-11(9-23)6-17-14-13(16)8-18-15(21-14)20-12-7-19-22(2)10-12/h3,7-8,10-11H,1,4-6,9H2,2H3,(H2,17,18,20,21)/t11-/m0/s1. The lowest BCUT2D eigenvalue weighted by atomic mass is 10.1. The molecule has 0 spiro atoms. The molecular formula is C15H20ClN7O2S. The number of nitrogens with one attached hydrogen (secondary N) is 2. The van der Waals surface area contributed by atoms with Gasteiger partial charge in [0, 0.05) is 38.3 Å². The second-order valence-corrected chi connectivity index (χ2v) is 8.31. The first-order valence-corrected chi connectivity index (χ1v) is 9.90. The minimum Gasteiger partial charge on any atom is -0.368 e. The molecule has 11 heteroatoms. The van der Waals surface area contributed by atoms with Crippen molar-refractivity contribution in [2.45, 2.75) is 6.42 Å².